The molecule has 98 valence electrons. The van der Waals surface area contributed by atoms with Crippen molar-refractivity contribution in [1.82, 2.24) is 4.57 Å². The van der Waals surface area contributed by atoms with Crippen LogP contribution in [0.5, 0.6) is 5.75 Å². The number of rotatable bonds is 2. The molecule has 0 fully saturated rings. The van der Waals surface area contributed by atoms with E-state index in [4.69, 9.17) is 0 Å². The van der Waals surface area contributed by atoms with E-state index in [9.17, 15) is 14.7 Å². The van der Waals surface area contributed by atoms with Crippen molar-refractivity contribution in [1.29, 1.82) is 0 Å². The van der Waals surface area contributed by atoms with Crippen molar-refractivity contribution in [3.8, 4) is 16.9 Å². The normalized spacial score (nSPS) is 10.5. The van der Waals surface area contributed by atoms with Crippen molar-refractivity contribution in [3.63, 3.8) is 0 Å². The number of ketones is 1. The molecule has 2 rings (SSSR count). The van der Waals surface area contributed by atoms with E-state index in [-0.39, 0.29) is 11.3 Å². The van der Waals surface area contributed by atoms with Crippen molar-refractivity contribution in [2.24, 2.45) is 7.05 Å². The summed E-state index contributed by atoms with van der Waals surface area (Å²) >= 11 is 0. The smallest absolute Gasteiger partial charge is 0.265 e. The Labute approximate surface area is 110 Å². The minimum absolute atomic E-state index is 0.160. The number of carbonyl (C=O) groups is 1. The third-order valence-corrected chi connectivity index (χ3v) is 3.27. The number of pyridine rings is 1. The summed E-state index contributed by atoms with van der Waals surface area (Å²) in [4.78, 5) is 23.6. The van der Waals surface area contributed by atoms with E-state index < -0.39 is 11.3 Å². The number of hydrogen-bond donors (Lipinski definition) is 1. The number of aromatic hydroxyl groups is 1. The topological polar surface area (TPSA) is 59.3 Å². The van der Waals surface area contributed by atoms with Gasteiger partial charge in [0, 0.05) is 18.3 Å². The maximum atomic E-state index is 12.0. The largest absolute Gasteiger partial charge is 0.506 e. The molecule has 1 aromatic carbocycles. The van der Waals surface area contributed by atoms with Gasteiger partial charge >= 0.3 is 0 Å². The molecule has 0 atom stereocenters. The summed E-state index contributed by atoms with van der Waals surface area (Å²) in [5.41, 5.74) is 1.29. The van der Waals surface area contributed by atoms with Crippen LogP contribution in [0.1, 0.15) is 23.0 Å². The number of benzene rings is 1. The van der Waals surface area contributed by atoms with Crippen molar-refractivity contribution in [3.05, 3.63) is 51.9 Å². The zero-order chi connectivity index (χ0) is 14.2. The Kier molecular flexibility index (Phi) is 3.25. The second-order valence-electron chi connectivity index (χ2n) is 4.47. The average Bonchev–Trinajstić information content (AvgIpc) is 2.37. The van der Waals surface area contributed by atoms with Gasteiger partial charge in [0.15, 0.2) is 5.78 Å². The lowest BCUT2D eigenvalue weighted by Gasteiger charge is -2.15. The molecule has 0 aliphatic carbocycles. The van der Waals surface area contributed by atoms with Crippen LogP contribution in [0, 0.1) is 6.92 Å². The zero-order valence-corrected chi connectivity index (χ0v) is 11.1. The Morgan fingerprint density at radius 1 is 1.21 bits per heavy atom. The van der Waals surface area contributed by atoms with E-state index in [1.54, 1.807) is 14.0 Å². The highest BCUT2D eigenvalue weighted by molar-refractivity contribution is 5.99. The van der Waals surface area contributed by atoms with Crippen LogP contribution in [0.25, 0.3) is 11.1 Å². The molecule has 0 unspecified atom stereocenters. The van der Waals surface area contributed by atoms with Crippen LogP contribution < -0.4 is 5.56 Å². The predicted octanol–water partition coefficient (Wildman–Crippen LogP) is 2.27. The molecule has 0 spiro atoms. The lowest BCUT2D eigenvalue weighted by molar-refractivity contribution is 0.101. The van der Waals surface area contributed by atoms with Crippen LogP contribution in [0.3, 0.4) is 0 Å². The molecule has 0 saturated heterocycles. The average molecular weight is 257 g/mol. The molecular formula is C15H15NO3. The van der Waals surface area contributed by atoms with Crippen molar-refractivity contribution in [2.75, 3.05) is 0 Å². The summed E-state index contributed by atoms with van der Waals surface area (Å²) in [7, 11) is 1.59. The second-order valence-corrected chi connectivity index (χ2v) is 4.47. The molecule has 2 aromatic rings. The Balaban J connectivity index is 2.90. The summed E-state index contributed by atoms with van der Waals surface area (Å²) in [6.07, 6.45) is 0. The van der Waals surface area contributed by atoms with Crippen LogP contribution in [0.2, 0.25) is 0 Å². The minimum Gasteiger partial charge on any atom is -0.506 e. The predicted molar refractivity (Wildman–Crippen MR) is 73.5 cm³/mol. The Morgan fingerprint density at radius 2 is 1.79 bits per heavy atom. The maximum absolute atomic E-state index is 12.0. The molecule has 0 saturated carbocycles. The summed E-state index contributed by atoms with van der Waals surface area (Å²) in [5.74, 6) is -0.672. The first-order chi connectivity index (χ1) is 8.95. The van der Waals surface area contributed by atoms with Crippen molar-refractivity contribution in [2.45, 2.75) is 13.8 Å². The lowest BCUT2D eigenvalue weighted by atomic mass is 9.99. The Morgan fingerprint density at radius 3 is 2.32 bits per heavy atom. The molecule has 0 bridgehead atoms. The molecule has 4 heteroatoms. The molecule has 0 aliphatic heterocycles. The van der Waals surface area contributed by atoms with E-state index in [0.717, 1.165) is 5.56 Å². The second kappa shape index (κ2) is 4.72. The third kappa shape index (κ3) is 2.05. The van der Waals surface area contributed by atoms with E-state index in [0.29, 0.717) is 11.3 Å². The van der Waals surface area contributed by atoms with Gasteiger partial charge in [-0.1, -0.05) is 30.3 Å². The highest BCUT2D eigenvalue weighted by atomic mass is 16.3. The third-order valence-electron chi connectivity index (χ3n) is 3.27. The van der Waals surface area contributed by atoms with Crippen LogP contribution in [-0.2, 0) is 7.05 Å². The Bertz CT molecular complexity index is 700. The lowest BCUT2D eigenvalue weighted by Crippen LogP contribution is -2.26. The van der Waals surface area contributed by atoms with Crippen molar-refractivity contribution >= 4 is 5.78 Å². The number of nitrogens with zero attached hydrogens (tertiary/aromatic N) is 1. The first kappa shape index (κ1) is 13.1. The number of hydrogen-bond acceptors (Lipinski definition) is 3. The molecule has 19 heavy (non-hydrogen) atoms. The molecule has 1 N–H and O–H groups in total. The van der Waals surface area contributed by atoms with Gasteiger partial charge in [-0.3, -0.25) is 9.59 Å². The minimum atomic E-state index is -0.470. The quantitative estimate of drug-likeness (QED) is 0.839. The maximum Gasteiger partial charge on any atom is 0.265 e. The molecule has 0 aliphatic rings. The van der Waals surface area contributed by atoms with Gasteiger partial charge in [-0.2, -0.15) is 0 Å². The summed E-state index contributed by atoms with van der Waals surface area (Å²) in [5, 5.41) is 10.3. The molecule has 4 nitrogen and oxygen atoms in total. The highest BCUT2D eigenvalue weighted by Gasteiger charge is 2.21. The van der Waals surface area contributed by atoms with E-state index in [1.807, 2.05) is 30.3 Å². The summed E-state index contributed by atoms with van der Waals surface area (Å²) < 4.78 is 1.39. The standard InChI is InChI=1S/C15H15NO3/c1-9-12(11-7-5-4-6-8-11)14(18)13(10(2)17)15(19)16(9)3/h4-8,18H,1-3H3. The summed E-state index contributed by atoms with van der Waals surface area (Å²) in [6, 6.07) is 9.20. The Hall–Kier alpha value is -2.36. The van der Waals surface area contributed by atoms with Gasteiger partial charge in [0.05, 0.1) is 0 Å². The SMILES string of the molecule is CC(=O)c1c(O)c(-c2ccccc2)c(C)n(C)c1=O. The van der Waals surface area contributed by atoms with Gasteiger partial charge in [0.2, 0.25) is 0 Å². The molecule has 1 aromatic heterocycles. The number of Topliss-reactive ketones (excluding diaryl/α,β-unsaturated/α-hetero) is 1. The van der Waals surface area contributed by atoms with Gasteiger partial charge in [0.1, 0.15) is 11.3 Å². The van der Waals surface area contributed by atoms with E-state index >= 15 is 0 Å². The highest BCUT2D eigenvalue weighted by Crippen LogP contribution is 2.33. The zero-order valence-electron chi connectivity index (χ0n) is 11.1. The van der Waals surface area contributed by atoms with Gasteiger partial charge in [-0.15, -0.1) is 0 Å². The fourth-order valence-electron chi connectivity index (χ4n) is 2.15. The first-order valence-electron chi connectivity index (χ1n) is 5.94. The van der Waals surface area contributed by atoms with Gasteiger partial charge < -0.3 is 9.67 Å². The fraction of sp³-hybridized carbons (Fsp3) is 0.200. The van der Waals surface area contributed by atoms with E-state index in [2.05, 4.69) is 0 Å². The number of carbonyl (C=O) groups excluding carboxylic acids is 1. The molecule has 0 amide bonds. The van der Waals surface area contributed by atoms with Crippen LogP contribution in [-0.4, -0.2) is 15.5 Å². The van der Waals surface area contributed by atoms with Crippen LogP contribution in [0.15, 0.2) is 35.1 Å². The van der Waals surface area contributed by atoms with Crippen LogP contribution >= 0.6 is 0 Å². The molecular weight excluding hydrogens is 242 g/mol. The summed E-state index contributed by atoms with van der Waals surface area (Å²) in [6.45, 7) is 3.02. The first-order valence-corrected chi connectivity index (χ1v) is 5.94. The van der Waals surface area contributed by atoms with Crippen LogP contribution in [0.4, 0.5) is 0 Å². The molecule has 1 heterocycles. The van der Waals surface area contributed by atoms with Gasteiger partial charge in [-0.05, 0) is 19.4 Å². The monoisotopic (exact) mass is 257 g/mol. The van der Waals surface area contributed by atoms with E-state index in [1.165, 1.54) is 11.5 Å². The fourth-order valence-corrected chi connectivity index (χ4v) is 2.15. The van der Waals surface area contributed by atoms with Gasteiger partial charge in [0.25, 0.3) is 5.56 Å². The van der Waals surface area contributed by atoms with Crippen molar-refractivity contribution < 1.29 is 9.90 Å². The molecule has 0 radical (unpaired) electrons. The number of aromatic nitrogens is 1. The van der Waals surface area contributed by atoms with Gasteiger partial charge in [-0.25, -0.2) is 0 Å².